The largest absolute Gasteiger partial charge is 0.391 e. The lowest BCUT2D eigenvalue weighted by Crippen LogP contribution is -2.29. The Morgan fingerprint density at radius 2 is 2.00 bits per heavy atom. The average Bonchev–Trinajstić information content (AvgIpc) is 2.85. The van der Waals surface area contributed by atoms with Crippen molar-refractivity contribution < 1.29 is 9.90 Å². The fraction of sp³-hybridized carbons (Fsp3) is 0.562. The summed E-state index contributed by atoms with van der Waals surface area (Å²) in [5, 5.41) is 9.48. The number of amides is 1. The highest BCUT2D eigenvalue weighted by molar-refractivity contribution is 5.94. The third-order valence-corrected chi connectivity index (χ3v) is 4.25. The van der Waals surface area contributed by atoms with Crippen LogP contribution in [-0.4, -0.2) is 35.1 Å². The number of carbonyl (C=O) groups excluding carboxylic acids is 1. The first kappa shape index (κ1) is 14.1. The molecular weight excluding hydrogens is 238 g/mol. The molecule has 3 nitrogen and oxygen atoms in total. The van der Waals surface area contributed by atoms with E-state index in [-0.39, 0.29) is 17.4 Å². The summed E-state index contributed by atoms with van der Waals surface area (Å²) in [5.41, 5.74) is 2.11. The van der Waals surface area contributed by atoms with Crippen molar-refractivity contribution in [1.29, 1.82) is 0 Å². The molecular formula is C16H23NO2. The smallest absolute Gasteiger partial charge is 0.253 e. The number of β-amino-alcohol motifs (C(OH)–C–C–N with tert-alkyl or cyclic N) is 1. The molecule has 0 radical (unpaired) electrons. The third-order valence-electron chi connectivity index (χ3n) is 4.25. The molecule has 104 valence electrons. The molecule has 1 aromatic rings. The van der Waals surface area contributed by atoms with Crippen LogP contribution in [0, 0.1) is 0 Å². The fourth-order valence-electron chi connectivity index (χ4n) is 2.38. The maximum Gasteiger partial charge on any atom is 0.253 e. The molecule has 1 amide bonds. The van der Waals surface area contributed by atoms with Crippen molar-refractivity contribution in [3.63, 3.8) is 0 Å². The van der Waals surface area contributed by atoms with E-state index in [4.69, 9.17) is 0 Å². The van der Waals surface area contributed by atoms with Crippen LogP contribution >= 0.6 is 0 Å². The number of rotatable bonds is 3. The van der Waals surface area contributed by atoms with Crippen LogP contribution < -0.4 is 0 Å². The number of aliphatic hydroxyl groups excluding tert-OH is 1. The number of aliphatic hydroxyl groups is 1. The molecule has 0 saturated carbocycles. The highest BCUT2D eigenvalue weighted by Crippen LogP contribution is 2.27. The van der Waals surface area contributed by atoms with Gasteiger partial charge in [-0.2, -0.15) is 0 Å². The summed E-state index contributed by atoms with van der Waals surface area (Å²) >= 11 is 0. The zero-order chi connectivity index (χ0) is 14.0. The number of nitrogens with zero attached hydrogens (tertiary/aromatic N) is 1. The van der Waals surface area contributed by atoms with Crippen molar-refractivity contribution in [2.45, 2.75) is 45.1 Å². The van der Waals surface area contributed by atoms with Gasteiger partial charge in [0, 0.05) is 18.7 Å². The van der Waals surface area contributed by atoms with Gasteiger partial charge in [0.1, 0.15) is 0 Å². The Balaban J connectivity index is 2.12. The first-order chi connectivity index (χ1) is 8.94. The standard InChI is InChI=1S/C16H23NO2/c1-4-16(2,3)13-7-5-12(6-8-13)15(19)17-10-9-14(18)11-17/h5-8,14,18H,4,9-11H2,1-3H3/t14-/m1/s1. The number of likely N-dealkylation sites (tertiary alicyclic amines) is 1. The van der Waals surface area contributed by atoms with E-state index in [1.165, 1.54) is 5.56 Å². The topological polar surface area (TPSA) is 40.5 Å². The molecule has 1 fully saturated rings. The second-order valence-electron chi connectivity index (χ2n) is 6.01. The lowest BCUT2D eigenvalue weighted by atomic mass is 9.82. The fourth-order valence-corrected chi connectivity index (χ4v) is 2.38. The van der Waals surface area contributed by atoms with Crippen LogP contribution in [-0.2, 0) is 5.41 Å². The highest BCUT2D eigenvalue weighted by atomic mass is 16.3. The Kier molecular flexibility index (Phi) is 3.95. The zero-order valence-corrected chi connectivity index (χ0v) is 12.0. The van der Waals surface area contributed by atoms with Crippen molar-refractivity contribution in [3.8, 4) is 0 Å². The van der Waals surface area contributed by atoms with Crippen LogP contribution in [0.25, 0.3) is 0 Å². The third kappa shape index (κ3) is 2.98. The Hall–Kier alpha value is -1.35. The van der Waals surface area contributed by atoms with E-state index in [1.54, 1.807) is 4.90 Å². The molecule has 19 heavy (non-hydrogen) atoms. The SMILES string of the molecule is CCC(C)(C)c1ccc(C(=O)N2CC[C@@H](O)C2)cc1. The number of carbonyl (C=O) groups is 1. The molecule has 1 aliphatic rings. The summed E-state index contributed by atoms with van der Waals surface area (Å²) < 4.78 is 0. The van der Waals surface area contributed by atoms with Crippen molar-refractivity contribution >= 4 is 5.91 Å². The summed E-state index contributed by atoms with van der Waals surface area (Å²) in [6, 6.07) is 7.89. The number of benzene rings is 1. The van der Waals surface area contributed by atoms with E-state index in [0.717, 1.165) is 6.42 Å². The molecule has 0 spiro atoms. The molecule has 1 aliphatic heterocycles. The van der Waals surface area contributed by atoms with Gasteiger partial charge in [-0.15, -0.1) is 0 Å². The minimum absolute atomic E-state index is 0.0254. The predicted molar refractivity (Wildman–Crippen MR) is 76.3 cm³/mol. The summed E-state index contributed by atoms with van der Waals surface area (Å²) in [6.45, 7) is 7.70. The van der Waals surface area contributed by atoms with Gasteiger partial charge in [0.15, 0.2) is 0 Å². The second kappa shape index (κ2) is 5.33. The van der Waals surface area contributed by atoms with E-state index in [9.17, 15) is 9.90 Å². The number of hydrogen-bond acceptors (Lipinski definition) is 2. The minimum atomic E-state index is -0.359. The maximum absolute atomic E-state index is 12.2. The number of hydrogen-bond donors (Lipinski definition) is 1. The summed E-state index contributed by atoms with van der Waals surface area (Å²) in [6.07, 6.45) is 1.40. The summed E-state index contributed by atoms with van der Waals surface area (Å²) in [4.78, 5) is 14.0. The van der Waals surface area contributed by atoms with Gasteiger partial charge in [-0.25, -0.2) is 0 Å². The van der Waals surface area contributed by atoms with E-state index in [1.807, 2.05) is 24.3 Å². The zero-order valence-electron chi connectivity index (χ0n) is 12.0. The molecule has 2 rings (SSSR count). The molecule has 1 saturated heterocycles. The molecule has 0 aromatic heterocycles. The predicted octanol–water partition coefficient (Wildman–Crippen LogP) is 2.58. The van der Waals surface area contributed by atoms with E-state index < -0.39 is 0 Å². The summed E-state index contributed by atoms with van der Waals surface area (Å²) in [7, 11) is 0. The Morgan fingerprint density at radius 1 is 1.37 bits per heavy atom. The van der Waals surface area contributed by atoms with Crippen LogP contribution in [0.5, 0.6) is 0 Å². The van der Waals surface area contributed by atoms with Gasteiger partial charge < -0.3 is 10.0 Å². The van der Waals surface area contributed by atoms with Crippen molar-refractivity contribution in [3.05, 3.63) is 35.4 Å². The second-order valence-corrected chi connectivity index (χ2v) is 6.01. The van der Waals surface area contributed by atoms with E-state index >= 15 is 0 Å². The van der Waals surface area contributed by atoms with Crippen LogP contribution in [0.2, 0.25) is 0 Å². The van der Waals surface area contributed by atoms with Crippen LogP contribution in [0.15, 0.2) is 24.3 Å². The van der Waals surface area contributed by atoms with E-state index in [2.05, 4.69) is 20.8 Å². The first-order valence-corrected chi connectivity index (χ1v) is 7.02. The van der Waals surface area contributed by atoms with Crippen molar-refractivity contribution in [2.24, 2.45) is 0 Å². The van der Waals surface area contributed by atoms with Gasteiger partial charge in [-0.1, -0.05) is 32.9 Å². The van der Waals surface area contributed by atoms with Gasteiger partial charge in [-0.3, -0.25) is 4.79 Å². The molecule has 1 aromatic carbocycles. The van der Waals surface area contributed by atoms with Gasteiger partial charge in [0.05, 0.1) is 6.10 Å². The monoisotopic (exact) mass is 261 g/mol. The normalized spacial score (nSPS) is 19.8. The maximum atomic E-state index is 12.2. The Bertz CT molecular complexity index is 450. The quantitative estimate of drug-likeness (QED) is 0.908. The summed E-state index contributed by atoms with van der Waals surface area (Å²) in [5.74, 6) is 0.0254. The van der Waals surface area contributed by atoms with Gasteiger partial charge in [0.2, 0.25) is 0 Å². The van der Waals surface area contributed by atoms with Crippen LogP contribution in [0.1, 0.15) is 49.5 Å². The lowest BCUT2D eigenvalue weighted by Gasteiger charge is -2.23. The van der Waals surface area contributed by atoms with Crippen molar-refractivity contribution in [2.75, 3.05) is 13.1 Å². The van der Waals surface area contributed by atoms with Gasteiger partial charge >= 0.3 is 0 Å². The van der Waals surface area contributed by atoms with Crippen molar-refractivity contribution in [1.82, 2.24) is 4.90 Å². The molecule has 0 bridgehead atoms. The average molecular weight is 261 g/mol. The minimum Gasteiger partial charge on any atom is -0.391 e. The molecule has 1 N–H and O–H groups in total. The molecule has 1 heterocycles. The van der Waals surface area contributed by atoms with Gasteiger partial charge in [-0.05, 0) is 36.0 Å². The first-order valence-electron chi connectivity index (χ1n) is 7.02. The molecule has 1 atom stereocenters. The lowest BCUT2D eigenvalue weighted by molar-refractivity contribution is 0.0765. The highest BCUT2D eigenvalue weighted by Gasteiger charge is 2.25. The molecule has 3 heteroatoms. The Labute approximate surface area is 115 Å². The molecule has 0 unspecified atom stereocenters. The van der Waals surface area contributed by atoms with E-state index in [0.29, 0.717) is 25.1 Å². The Morgan fingerprint density at radius 3 is 2.47 bits per heavy atom. The molecule has 0 aliphatic carbocycles. The van der Waals surface area contributed by atoms with Crippen LogP contribution in [0.3, 0.4) is 0 Å². The van der Waals surface area contributed by atoms with Gasteiger partial charge in [0.25, 0.3) is 5.91 Å². The van der Waals surface area contributed by atoms with Crippen LogP contribution in [0.4, 0.5) is 0 Å².